The van der Waals surface area contributed by atoms with E-state index in [0.717, 1.165) is 4.47 Å². The fourth-order valence-electron chi connectivity index (χ4n) is 2.14. The molecular weight excluding hydrogens is 426 g/mol. The lowest BCUT2D eigenvalue weighted by atomic mass is 10.3. The van der Waals surface area contributed by atoms with Gasteiger partial charge < -0.3 is 15.4 Å². The molecule has 0 saturated heterocycles. The van der Waals surface area contributed by atoms with Crippen LogP contribution >= 0.6 is 15.9 Å². The molecule has 1 heterocycles. The van der Waals surface area contributed by atoms with Gasteiger partial charge in [-0.2, -0.15) is 8.78 Å². The number of halogens is 3. The number of amides is 2. The first kappa shape index (κ1) is 20.7. The van der Waals surface area contributed by atoms with E-state index < -0.39 is 12.5 Å². The fraction of sp³-hybridized carbons (Fsp3) is 0.235. The maximum absolute atomic E-state index is 12.4. The highest BCUT2D eigenvalue weighted by atomic mass is 79.9. The van der Waals surface area contributed by atoms with Crippen LogP contribution in [-0.4, -0.2) is 48.4 Å². The lowest BCUT2D eigenvalue weighted by molar-refractivity contribution is -0.119. The minimum Gasteiger partial charge on any atom is -0.433 e. The third kappa shape index (κ3) is 7.27. The van der Waals surface area contributed by atoms with Crippen molar-refractivity contribution in [2.24, 2.45) is 0 Å². The molecule has 0 atom stereocenters. The van der Waals surface area contributed by atoms with Crippen LogP contribution in [0.1, 0.15) is 0 Å². The maximum Gasteiger partial charge on any atom is 0.387 e. The molecule has 2 aromatic rings. The molecule has 0 spiro atoms. The second-order valence-corrected chi connectivity index (χ2v) is 6.42. The summed E-state index contributed by atoms with van der Waals surface area (Å²) in [4.78, 5) is 29.6. The first-order valence-electron chi connectivity index (χ1n) is 7.77. The predicted molar refractivity (Wildman–Crippen MR) is 99.8 cm³/mol. The molecule has 0 unspecified atom stereocenters. The Hall–Kier alpha value is -2.59. The van der Waals surface area contributed by atoms with E-state index in [1.54, 1.807) is 31.4 Å². The van der Waals surface area contributed by atoms with Gasteiger partial charge in [-0.05, 0) is 47.2 Å². The molecule has 27 heavy (non-hydrogen) atoms. The molecule has 0 saturated carbocycles. The van der Waals surface area contributed by atoms with Gasteiger partial charge in [-0.15, -0.1) is 0 Å². The lowest BCUT2D eigenvalue weighted by Crippen LogP contribution is -2.36. The molecule has 2 rings (SSSR count). The molecule has 0 aliphatic rings. The zero-order chi connectivity index (χ0) is 19.8. The number of hydrogen-bond acceptors (Lipinski definition) is 5. The van der Waals surface area contributed by atoms with Crippen LogP contribution in [0, 0.1) is 0 Å². The van der Waals surface area contributed by atoms with E-state index in [4.69, 9.17) is 0 Å². The van der Waals surface area contributed by atoms with Crippen molar-refractivity contribution in [1.82, 2.24) is 9.88 Å². The van der Waals surface area contributed by atoms with E-state index in [9.17, 15) is 18.4 Å². The van der Waals surface area contributed by atoms with Crippen LogP contribution in [-0.2, 0) is 9.59 Å². The second-order valence-electron chi connectivity index (χ2n) is 5.50. The molecule has 0 aliphatic carbocycles. The van der Waals surface area contributed by atoms with Crippen molar-refractivity contribution in [1.29, 1.82) is 0 Å². The summed E-state index contributed by atoms with van der Waals surface area (Å²) in [6.45, 7) is -3.17. The van der Waals surface area contributed by atoms with Gasteiger partial charge in [-0.3, -0.25) is 14.5 Å². The number of ether oxygens (including phenoxy) is 1. The first-order valence-corrected chi connectivity index (χ1v) is 8.56. The Morgan fingerprint density at radius 2 is 1.81 bits per heavy atom. The van der Waals surface area contributed by atoms with Crippen molar-refractivity contribution in [2.45, 2.75) is 6.61 Å². The molecule has 7 nitrogen and oxygen atoms in total. The summed E-state index contributed by atoms with van der Waals surface area (Å²) in [7, 11) is 1.58. The molecule has 0 aliphatic heterocycles. The number of nitrogens with one attached hydrogen (secondary N) is 2. The number of likely N-dealkylation sites (N-methyl/N-ethyl adjacent to an activating group) is 1. The zero-order valence-corrected chi connectivity index (χ0v) is 15.9. The Labute approximate surface area is 162 Å². The van der Waals surface area contributed by atoms with Crippen LogP contribution in [0.5, 0.6) is 5.75 Å². The summed E-state index contributed by atoms with van der Waals surface area (Å²) in [6, 6.07) is 9.23. The van der Waals surface area contributed by atoms with Crippen LogP contribution in [0.25, 0.3) is 0 Å². The average Bonchev–Trinajstić information content (AvgIpc) is 2.58. The number of hydrogen-bond donors (Lipinski definition) is 2. The molecule has 1 aromatic heterocycles. The number of pyridine rings is 1. The molecule has 1 aromatic carbocycles. The minimum atomic E-state index is -3.00. The molecule has 144 valence electrons. The van der Waals surface area contributed by atoms with Gasteiger partial charge in [0.1, 0.15) is 11.6 Å². The van der Waals surface area contributed by atoms with Crippen LogP contribution in [0.15, 0.2) is 47.1 Å². The largest absolute Gasteiger partial charge is 0.433 e. The number of nitrogens with zero attached hydrogens (tertiary/aromatic N) is 2. The summed E-state index contributed by atoms with van der Waals surface area (Å²) in [5, 5.41) is 5.09. The van der Waals surface area contributed by atoms with Crippen molar-refractivity contribution < 1.29 is 23.1 Å². The molecule has 10 heteroatoms. The van der Waals surface area contributed by atoms with Gasteiger partial charge >= 0.3 is 6.61 Å². The number of carbonyl (C=O) groups is 2. The Bertz CT molecular complexity index is 790. The highest BCUT2D eigenvalue weighted by molar-refractivity contribution is 9.10. The minimum absolute atomic E-state index is 0.0552. The standard InChI is InChI=1S/C17H17BrF2N4O3/c1-24(10-16(26)23-14-7-6-11(18)8-21-14)9-15(25)22-12-4-2-3-5-13(12)27-17(19)20/h2-8,17H,9-10H2,1H3,(H,22,25)(H,21,23,26). The number of aromatic nitrogens is 1. The third-order valence-electron chi connectivity index (χ3n) is 3.20. The van der Waals surface area contributed by atoms with Crippen molar-refractivity contribution in [2.75, 3.05) is 30.8 Å². The quantitative estimate of drug-likeness (QED) is 0.656. The summed E-state index contributed by atoms with van der Waals surface area (Å²) in [6.07, 6.45) is 1.55. The van der Waals surface area contributed by atoms with Gasteiger partial charge in [0.25, 0.3) is 0 Å². The van der Waals surface area contributed by atoms with E-state index in [2.05, 4.69) is 36.3 Å². The maximum atomic E-state index is 12.4. The Balaban J connectivity index is 1.85. The van der Waals surface area contributed by atoms with Gasteiger partial charge in [-0.1, -0.05) is 12.1 Å². The molecular formula is C17H17BrF2N4O3. The number of anilines is 2. The van der Waals surface area contributed by atoms with Gasteiger partial charge in [0, 0.05) is 10.7 Å². The van der Waals surface area contributed by atoms with E-state index in [1.807, 2.05) is 0 Å². The number of benzene rings is 1. The number of carbonyl (C=O) groups excluding carboxylic acids is 2. The fourth-order valence-corrected chi connectivity index (χ4v) is 2.37. The Kier molecular flexibility index (Phi) is 7.62. The third-order valence-corrected chi connectivity index (χ3v) is 3.67. The topological polar surface area (TPSA) is 83.6 Å². The molecule has 2 N–H and O–H groups in total. The first-order chi connectivity index (χ1) is 12.8. The highest BCUT2D eigenvalue weighted by Crippen LogP contribution is 2.25. The van der Waals surface area contributed by atoms with Crippen LogP contribution in [0.4, 0.5) is 20.3 Å². The van der Waals surface area contributed by atoms with Crippen LogP contribution < -0.4 is 15.4 Å². The second kappa shape index (κ2) is 9.93. The van der Waals surface area contributed by atoms with Crippen LogP contribution in [0.3, 0.4) is 0 Å². The van der Waals surface area contributed by atoms with Crippen molar-refractivity contribution in [3.8, 4) is 5.75 Å². The molecule has 0 fully saturated rings. The SMILES string of the molecule is CN(CC(=O)Nc1ccc(Br)cn1)CC(=O)Nc1ccccc1OC(F)F. The van der Waals surface area contributed by atoms with E-state index in [0.29, 0.717) is 5.82 Å². The monoisotopic (exact) mass is 442 g/mol. The predicted octanol–water partition coefficient (Wildman–Crippen LogP) is 2.95. The van der Waals surface area contributed by atoms with E-state index in [-0.39, 0.29) is 30.4 Å². The molecule has 2 amide bonds. The van der Waals surface area contributed by atoms with Gasteiger partial charge in [0.2, 0.25) is 11.8 Å². The van der Waals surface area contributed by atoms with Gasteiger partial charge in [0.05, 0.1) is 18.8 Å². The summed E-state index contributed by atoms with van der Waals surface area (Å²) in [5.74, 6) is -0.569. The smallest absolute Gasteiger partial charge is 0.387 e. The summed E-state index contributed by atoms with van der Waals surface area (Å²) >= 11 is 3.25. The zero-order valence-electron chi connectivity index (χ0n) is 14.3. The number of rotatable bonds is 8. The van der Waals surface area contributed by atoms with Crippen LogP contribution in [0.2, 0.25) is 0 Å². The Morgan fingerprint density at radius 3 is 2.44 bits per heavy atom. The van der Waals surface area contributed by atoms with E-state index in [1.165, 1.54) is 23.1 Å². The van der Waals surface area contributed by atoms with Crippen molar-refractivity contribution >= 4 is 39.2 Å². The summed E-state index contributed by atoms with van der Waals surface area (Å²) < 4.78 is 29.9. The van der Waals surface area contributed by atoms with Crippen molar-refractivity contribution in [3.05, 3.63) is 47.1 Å². The number of para-hydroxylation sites is 2. The lowest BCUT2D eigenvalue weighted by Gasteiger charge is -2.17. The highest BCUT2D eigenvalue weighted by Gasteiger charge is 2.14. The normalized spacial score (nSPS) is 10.7. The number of alkyl halides is 2. The van der Waals surface area contributed by atoms with E-state index >= 15 is 0 Å². The average molecular weight is 443 g/mol. The van der Waals surface area contributed by atoms with Crippen molar-refractivity contribution in [3.63, 3.8) is 0 Å². The Morgan fingerprint density at radius 1 is 1.15 bits per heavy atom. The van der Waals surface area contributed by atoms with Gasteiger partial charge in [0.15, 0.2) is 0 Å². The summed E-state index contributed by atoms with van der Waals surface area (Å²) in [5.41, 5.74) is 0.125. The molecule has 0 radical (unpaired) electrons. The molecule has 0 bridgehead atoms. The van der Waals surface area contributed by atoms with Gasteiger partial charge in [-0.25, -0.2) is 4.98 Å².